The van der Waals surface area contributed by atoms with Gasteiger partial charge in [0.25, 0.3) is 0 Å². The summed E-state index contributed by atoms with van der Waals surface area (Å²) < 4.78 is 5.75. The van der Waals surface area contributed by atoms with Crippen molar-refractivity contribution in [2.24, 2.45) is 0 Å². The van der Waals surface area contributed by atoms with Gasteiger partial charge >= 0.3 is 0 Å². The standard InChI is InChI=1S/C15H22N2O/c1-3-10-17-14(12-16)9-11-18-15-8-6-5-7-13(15)4-2/h5-8,14,17H,3-4,9-11H2,1-2H3. The third-order valence-electron chi connectivity index (χ3n) is 2.81. The summed E-state index contributed by atoms with van der Waals surface area (Å²) in [5, 5.41) is 12.2. The minimum absolute atomic E-state index is 0.112. The van der Waals surface area contributed by atoms with Gasteiger partial charge in [0.15, 0.2) is 0 Å². The van der Waals surface area contributed by atoms with E-state index >= 15 is 0 Å². The average Bonchev–Trinajstić information content (AvgIpc) is 2.43. The van der Waals surface area contributed by atoms with Gasteiger partial charge in [-0.2, -0.15) is 5.26 Å². The zero-order valence-corrected chi connectivity index (χ0v) is 11.3. The Hall–Kier alpha value is -1.53. The first kappa shape index (κ1) is 14.5. The third kappa shape index (κ3) is 4.77. The van der Waals surface area contributed by atoms with Crippen molar-refractivity contribution in [2.45, 2.75) is 39.2 Å². The Bertz CT molecular complexity index is 384. The van der Waals surface area contributed by atoms with Crippen molar-refractivity contribution in [3.63, 3.8) is 0 Å². The van der Waals surface area contributed by atoms with E-state index in [9.17, 15) is 0 Å². The van der Waals surface area contributed by atoms with Gasteiger partial charge in [0.1, 0.15) is 5.75 Å². The molecule has 0 aromatic heterocycles. The van der Waals surface area contributed by atoms with Crippen molar-refractivity contribution < 1.29 is 4.74 Å². The number of hydrogen-bond donors (Lipinski definition) is 1. The van der Waals surface area contributed by atoms with Crippen LogP contribution >= 0.6 is 0 Å². The molecule has 0 spiro atoms. The lowest BCUT2D eigenvalue weighted by Crippen LogP contribution is -2.29. The summed E-state index contributed by atoms with van der Waals surface area (Å²) in [6.45, 7) is 5.66. The van der Waals surface area contributed by atoms with Gasteiger partial charge in [-0.1, -0.05) is 32.0 Å². The fraction of sp³-hybridized carbons (Fsp3) is 0.533. The van der Waals surface area contributed by atoms with Gasteiger partial charge in [0.2, 0.25) is 0 Å². The highest BCUT2D eigenvalue weighted by Gasteiger charge is 2.07. The van der Waals surface area contributed by atoms with Crippen LogP contribution in [0.15, 0.2) is 24.3 Å². The molecule has 3 heteroatoms. The summed E-state index contributed by atoms with van der Waals surface area (Å²) in [7, 11) is 0. The molecule has 0 aliphatic carbocycles. The van der Waals surface area contributed by atoms with E-state index in [2.05, 4.69) is 31.3 Å². The molecule has 1 atom stereocenters. The van der Waals surface area contributed by atoms with E-state index in [-0.39, 0.29) is 6.04 Å². The van der Waals surface area contributed by atoms with Crippen molar-refractivity contribution in [3.05, 3.63) is 29.8 Å². The number of ether oxygens (including phenoxy) is 1. The third-order valence-corrected chi connectivity index (χ3v) is 2.81. The second kappa shape index (κ2) is 8.54. The molecule has 3 nitrogen and oxygen atoms in total. The molecule has 0 amide bonds. The number of nitrogens with one attached hydrogen (secondary N) is 1. The van der Waals surface area contributed by atoms with Crippen LogP contribution in [-0.4, -0.2) is 19.2 Å². The zero-order chi connectivity index (χ0) is 13.2. The van der Waals surface area contributed by atoms with Gasteiger partial charge in [0, 0.05) is 6.42 Å². The first-order chi connectivity index (χ1) is 8.81. The maximum absolute atomic E-state index is 8.98. The molecule has 0 bridgehead atoms. The molecule has 0 aliphatic rings. The van der Waals surface area contributed by atoms with E-state index < -0.39 is 0 Å². The number of benzene rings is 1. The quantitative estimate of drug-likeness (QED) is 0.767. The van der Waals surface area contributed by atoms with Gasteiger partial charge in [-0.3, -0.25) is 0 Å². The summed E-state index contributed by atoms with van der Waals surface area (Å²) in [4.78, 5) is 0. The normalized spacial score (nSPS) is 11.8. The summed E-state index contributed by atoms with van der Waals surface area (Å²) >= 11 is 0. The van der Waals surface area contributed by atoms with Crippen molar-refractivity contribution in [1.29, 1.82) is 5.26 Å². The molecule has 0 fully saturated rings. The zero-order valence-electron chi connectivity index (χ0n) is 11.3. The van der Waals surface area contributed by atoms with E-state index in [0.29, 0.717) is 13.0 Å². The lowest BCUT2D eigenvalue weighted by atomic mass is 10.1. The Morgan fingerprint density at radius 2 is 2.11 bits per heavy atom. The van der Waals surface area contributed by atoms with Gasteiger partial charge in [-0.05, 0) is 31.0 Å². The van der Waals surface area contributed by atoms with E-state index in [1.807, 2.05) is 18.2 Å². The molecule has 98 valence electrons. The summed E-state index contributed by atoms with van der Waals surface area (Å²) in [6, 6.07) is 10.2. The fourth-order valence-electron chi connectivity index (χ4n) is 1.75. The maximum atomic E-state index is 8.98. The Morgan fingerprint density at radius 1 is 1.33 bits per heavy atom. The number of rotatable bonds is 8. The maximum Gasteiger partial charge on any atom is 0.122 e. The van der Waals surface area contributed by atoms with Crippen LogP contribution in [0.4, 0.5) is 0 Å². The van der Waals surface area contributed by atoms with Crippen LogP contribution in [0.5, 0.6) is 5.75 Å². The van der Waals surface area contributed by atoms with Crippen LogP contribution in [0.3, 0.4) is 0 Å². The Balaban J connectivity index is 2.38. The molecule has 1 N–H and O–H groups in total. The van der Waals surface area contributed by atoms with Crippen molar-refractivity contribution in [3.8, 4) is 11.8 Å². The average molecular weight is 246 g/mol. The van der Waals surface area contributed by atoms with Crippen LogP contribution in [0.2, 0.25) is 0 Å². The molecule has 1 unspecified atom stereocenters. The van der Waals surface area contributed by atoms with E-state index in [0.717, 1.165) is 25.1 Å². The summed E-state index contributed by atoms with van der Waals surface area (Å²) in [5.41, 5.74) is 1.22. The van der Waals surface area contributed by atoms with Crippen LogP contribution in [0.25, 0.3) is 0 Å². The Labute approximate surface area is 110 Å². The highest BCUT2D eigenvalue weighted by atomic mass is 16.5. The van der Waals surface area contributed by atoms with Crippen molar-refractivity contribution in [2.75, 3.05) is 13.2 Å². The van der Waals surface area contributed by atoms with Crippen LogP contribution in [0, 0.1) is 11.3 Å². The number of nitrogens with zero attached hydrogens (tertiary/aromatic N) is 1. The molecule has 0 saturated carbocycles. The monoisotopic (exact) mass is 246 g/mol. The highest BCUT2D eigenvalue weighted by molar-refractivity contribution is 5.33. The predicted octanol–water partition coefficient (Wildman–Crippen LogP) is 2.91. The van der Waals surface area contributed by atoms with E-state index in [4.69, 9.17) is 10.00 Å². The second-order valence-corrected chi connectivity index (χ2v) is 4.23. The summed E-state index contributed by atoms with van der Waals surface area (Å²) in [5.74, 6) is 0.937. The molecule has 0 radical (unpaired) electrons. The van der Waals surface area contributed by atoms with Crippen molar-refractivity contribution >= 4 is 0 Å². The molecule has 1 aromatic rings. The van der Waals surface area contributed by atoms with E-state index in [1.165, 1.54) is 5.56 Å². The molecular weight excluding hydrogens is 224 g/mol. The first-order valence-corrected chi connectivity index (χ1v) is 6.65. The number of nitriles is 1. The lowest BCUT2D eigenvalue weighted by Gasteiger charge is -2.13. The number of hydrogen-bond acceptors (Lipinski definition) is 3. The molecule has 0 aliphatic heterocycles. The first-order valence-electron chi connectivity index (χ1n) is 6.65. The molecule has 18 heavy (non-hydrogen) atoms. The molecule has 1 aromatic carbocycles. The van der Waals surface area contributed by atoms with Crippen LogP contribution < -0.4 is 10.1 Å². The van der Waals surface area contributed by atoms with Gasteiger partial charge in [0.05, 0.1) is 18.7 Å². The van der Waals surface area contributed by atoms with Crippen molar-refractivity contribution in [1.82, 2.24) is 5.32 Å². The number of para-hydroxylation sites is 1. The highest BCUT2D eigenvalue weighted by Crippen LogP contribution is 2.18. The number of aryl methyl sites for hydroxylation is 1. The molecule has 0 saturated heterocycles. The molecular formula is C15H22N2O. The van der Waals surface area contributed by atoms with Crippen LogP contribution in [-0.2, 0) is 6.42 Å². The van der Waals surface area contributed by atoms with Gasteiger partial charge < -0.3 is 10.1 Å². The topological polar surface area (TPSA) is 45.0 Å². The van der Waals surface area contributed by atoms with Gasteiger partial charge in [-0.15, -0.1) is 0 Å². The predicted molar refractivity (Wildman–Crippen MR) is 73.6 cm³/mol. The lowest BCUT2D eigenvalue weighted by molar-refractivity contribution is 0.295. The van der Waals surface area contributed by atoms with E-state index in [1.54, 1.807) is 0 Å². The smallest absolute Gasteiger partial charge is 0.122 e. The molecule has 1 rings (SSSR count). The minimum atomic E-state index is -0.112. The minimum Gasteiger partial charge on any atom is -0.493 e. The largest absolute Gasteiger partial charge is 0.493 e. The Kier molecular flexibility index (Phi) is 6.90. The SMILES string of the molecule is CCCNC(C#N)CCOc1ccccc1CC. The fourth-order valence-corrected chi connectivity index (χ4v) is 1.75. The van der Waals surface area contributed by atoms with Gasteiger partial charge in [-0.25, -0.2) is 0 Å². The second-order valence-electron chi connectivity index (χ2n) is 4.23. The Morgan fingerprint density at radius 3 is 2.78 bits per heavy atom. The summed E-state index contributed by atoms with van der Waals surface area (Å²) in [6.07, 6.45) is 2.72. The van der Waals surface area contributed by atoms with Crippen LogP contribution in [0.1, 0.15) is 32.3 Å². The molecule has 0 heterocycles.